The number of nitrogen functional groups attached to an aromatic ring is 1. The van der Waals surface area contributed by atoms with Crippen molar-refractivity contribution in [2.75, 3.05) is 5.73 Å². The van der Waals surface area contributed by atoms with Crippen molar-refractivity contribution in [1.29, 1.82) is 0 Å². The van der Waals surface area contributed by atoms with Crippen LogP contribution in [0.15, 0.2) is 71.2 Å². The fraction of sp³-hybridized carbons (Fsp3) is 0.111. The van der Waals surface area contributed by atoms with Gasteiger partial charge in [-0.25, -0.2) is 18.9 Å². The van der Waals surface area contributed by atoms with Gasteiger partial charge in [0, 0.05) is 31.0 Å². The van der Waals surface area contributed by atoms with Gasteiger partial charge in [-0.1, -0.05) is 30.3 Å². The molecule has 1 aromatic carbocycles. The number of hydrogen-bond acceptors (Lipinski definition) is 8. The zero-order chi connectivity index (χ0) is 27.1. The number of aromatic nitrogens is 7. The maximum atomic E-state index is 14.0. The highest BCUT2D eigenvalue weighted by Crippen LogP contribution is 2.27. The minimum Gasteiger partial charge on any atom is -0.381 e. The fourth-order valence-corrected chi connectivity index (χ4v) is 5.13. The molecule has 0 fully saturated rings. The van der Waals surface area contributed by atoms with Crippen LogP contribution in [0.3, 0.4) is 0 Å². The SMILES string of the molecule is CC(NC(=O)c1c(N)nn2cccnc12)c1nc2scc(C#Cc3ccn(C)n3)n2c(=O)c1-c1ccccc1. The summed E-state index contributed by atoms with van der Waals surface area (Å²) in [5, 5.41) is 13.2. The Hall–Kier alpha value is -5.28. The second-order valence-electron chi connectivity index (χ2n) is 8.75. The van der Waals surface area contributed by atoms with Gasteiger partial charge in [-0.2, -0.15) is 5.10 Å². The van der Waals surface area contributed by atoms with E-state index in [0.717, 1.165) is 0 Å². The van der Waals surface area contributed by atoms with Crippen molar-refractivity contribution < 1.29 is 4.79 Å². The lowest BCUT2D eigenvalue weighted by Crippen LogP contribution is -2.30. The third-order valence-electron chi connectivity index (χ3n) is 6.10. The molecule has 0 saturated heterocycles. The lowest BCUT2D eigenvalue weighted by molar-refractivity contribution is 0.0941. The number of carbonyl (C=O) groups excluding carboxylic acids is 1. The molecule has 39 heavy (non-hydrogen) atoms. The van der Waals surface area contributed by atoms with Crippen molar-refractivity contribution in [2.45, 2.75) is 13.0 Å². The predicted octanol–water partition coefficient (Wildman–Crippen LogP) is 2.67. The Balaban J connectivity index is 1.45. The number of aryl methyl sites for hydroxylation is 1. The molecule has 6 rings (SSSR count). The van der Waals surface area contributed by atoms with E-state index in [1.807, 2.05) is 37.4 Å². The topological polar surface area (TPSA) is 138 Å². The minimum atomic E-state index is -0.645. The van der Waals surface area contributed by atoms with Crippen molar-refractivity contribution in [3.05, 3.63) is 99.4 Å². The van der Waals surface area contributed by atoms with Crippen LogP contribution in [0.2, 0.25) is 0 Å². The van der Waals surface area contributed by atoms with E-state index in [-0.39, 0.29) is 16.9 Å². The first kappa shape index (κ1) is 24.1. The second-order valence-corrected chi connectivity index (χ2v) is 9.59. The van der Waals surface area contributed by atoms with Crippen LogP contribution in [-0.2, 0) is 7.05 Å². The van der Waals surface area contributed by atoms with Gasteiger partial charge in [-0.05, 0) is 36.5 Å². The number of amides is 1. The number of hydrogen-bond donors (Lipinski definition) is 2. The smallest absolute Gasteiger partial charge is 0.267 e. The molecule has 0 radical (unpaired) electrons. The van der Waals surface area contributed by atoms with E-state index in [1.165, 1.54) is 20.3 Å². The Labute approximate surface area is 225 Å². The molecule has 6 aromatic rings. The lowest BCUT2D eigenvalue weighted by atomic mass is 10.0. The Morgan fingerprint density at radius 3 is 2.69 bits per heavy atom. The van der Waals surface area contributed by atoms with E-state index in [1.54, 1.807) is 47.7 Å². The van der Waals surface area contributed by atoms with E-state index in [0.29, 0.717) is 38.8 Å². The van der Waals surface area contributed by atoms with Crippen LogP contribution in [0.25, 0.3) is 21.7 Å². The normalized spacial score (nSPS) is 11.8. The number of fused-ring (bicyclic) bond motifs is 2. The van der Waals surface area contributed by atoms with Gasteiger partial charge in [0.25, 0.3) is 11.5 Å². The van der Waals surface area contributed by atoms with Crippen molar-refractivity contribution in [2.24, 2.45) is 7.05 Å². The van der Waals surface area contributed by atoms with Gasteiger partial charge < -0.3 is 11.1 Å². The van der Waals surface area contributed by atoms with Gasteiger partial charge in [-0.15, -0.1) is 16.4 Å². The van der Waals surface area contributed by atoms with Crippen molar-refractivity contribution >= 4 is 33.7 Å². The molecule has 0 aliphatic rings. The van der Waals surface area contributed by atoms with Gasteiger partial charge in [0.05, 0.1) is 17.3 Å². The third-order valence-corrected chi connectivity index (χ3v) is 6.93. The number of nitrogens with one attached hydrogen (secondary N) is 1. The summed E-state index contributed by atoms with van der Waals surface area (Å²) in [6.07, 6.45) is 5.02. The van der Waals surface area contributed by atoms with Crippen LogP contribution in [0.5, 0.6) is 0 Å². The van der Waals surface area contributed by atoms with Gasteiger partial charge in [-0.3, -0.25) is 14.3 Å². The average Bonchev–Trinajstić information content (AvgIpc) is 3.63. The van der Waals surface area contributed by atoms with Crippen molar-refractivity contribution in [3.63, 3.8) is 0 Å². The molecule has 0 bridgehead atoms. The summed E-state index contributed by atoms with van der Waals surface area (Å²) in [6.45, 7) is 1.77. The van der Waals surface area contributed by atoms with Crippen molar-refractivity contribution in [3.8, 4) is 23.0 Å². The zero-order valence-electron chi connectivity index (χ0n) is 20.9. The highest BCUT2D eigenvalue weighted by Gasteiger charge is 2.25. The molecular weight excluding hydrogens is 514 g/mol. The molecule has 11 nitrogen and oxygen atoms in total. The molecule has 5 heterocycles. The van der Waals surface area contributed by atoms with Crippen LogP contribution in [0, 0.1) is 11.8 Å². The lowest BCUT2D eigenvalue weighted by Gasteiger charge is -2.17. The molecule has 3 N–H and O–H groups in total. The summed E-state index contributed by atoms with van der Waals surface area (Å²) >= 11 is 1.29. The standard InChI is InChI=1S/C27H21N9O2S/c1-16(30-25(37)21-23(28)33-35-13-6-12-29-24(21)35)22-20(17-7-4-3-5-8-17)26(38)36-19(15-39-27(36)31-22)10-9-18-11-14-34(2)32-18/h3-8,11-16H,1-2H3,(H2,28,33)(H,30,37). The predicted molar refractivity (Wildman–Crippen MR) is 147 cm³/mol. The monoisotopic (exact) mass is 535 g/mol. The van der Waals surface area contributed by atoms with Crippen LogP contribution in [0.4, 0.5) is 5.82 Å². The summed E-state index contributed by atoms with van der Waals surface area (Å²) in [6, 6.07) is 12.1. The molecule has 0 spiro atoms. The van der Waals surface area contributed by atoms with Crippen LogP contribution in [-0.4, -0.2) is 39.7 Å². The average molecular weight is 536 g/mol. The van der Waals surface area contributed by atoms with E-state index >= 15 is 0 Å². The maximum absolute atomic E-state index is 14.0. The molecule has 1 amide bonds. The molecule has 0 aliphatic carbocycles. The quantitative estimate of drug-likeness (QED) is 0.331. The number of nitrogens with zero attached hydrogens (tertiary/aromatic N) is 7. The summed E-state index contributed by atoms with van der Waals surface area (Å²) in [4.78, 5) is 36.8. The molecule has 0 aliphatic heterocycles. The number of benzene rings is 1. The van der Waals surface area contributed by atoms with Crippen LogP contribution in [0.1, 0.15) is 40.4 Å². The third kappa shape index (κ3) is 4.30. The number of thiazole rings is 1. The maximum Gasteiger partial charge on any atom is 0.267 e. The van der Waals surface area contributed by atoms with E-state index in [4.69, 9.17) is 10.7 Å². The number of carbonyl (C=O) groups is 1. The first-order chi connectivity index (χ1) is 18.9. The zero-order valence-corrected chi connectivity index (χ0v) is 21.7. The van der Waals surface area contributed by atoms with Gasteiger partial charge in [0.15, 0.2) is 16.4 Å². The summed E-state index contributed by atoms with van der Waals surface area (Å²) < 4.78 is 4.60. The second kappa shape index (κ2) is 9.55. The largest absolute Gasteiger partial charge is 0.381 e. The molecule has 192 valence electrons. The molecule has 12 heteroatoms. The van der Waals surface area contributed by atoms with Gasteiger partial charge in [0.2, 0.25) is 0 Å². The minimum absolute atomic E-state index is 0.0551. The number of nitrogens with two attached hydrogens (primary N) is 1. The fourth-order valence-electron chi connectivity index (χ4n) is 4.31. The Bertz CT molecular complexity index is 1990. The highest BCUT2D eigenvalue weighted by molar-refractivity contribution is 7.15. The van der Waals surface area contributed by atoms with Gasteiger partial charge in [0.1, 0.15) is 17.0 Å². The van der Waals surface area contributed by atoms with Crippen molar-refractivity contribution in [1.82, 2.24) is 39.1 Å². The van der Waals surface area contributed by atoms with Crippen LogP contribution < -0.4 is 16.6 Å². The Kier molecular flexibility index (Phi) is 5.90. The summed E-state index contributed by atoms with van der Waals surface area (Å²) in [7, 11) is 1.81. The Morgan fingerprint density at radius 1 is 1.10 bits per heavy atom. The van der Waals surface area contributed by atoms with Crippen LogP contribution >= 0.6 is 11.3 Å². The van der Waals surface area contributed by atoms with E-state index < -0.39 is 11.9 Å². The Morgan fingerprint density at radius 2 is 1.92 bits per heavy atom. The summed E-state index contributed by atoms with van der Waals surface area (Å²) in [5.74, 6) is 5.63. The summed E-state index contributed by atoms with van der Waals surface area (Å²) in [5.41, 5.74) is 8.81. The highest BCUT2D eigenvalue weighted by atomic mass is 32.1. The first-order valence-electron chi connectivity index (χ1n) is 11.9. The molecule has 0 saturated carbocycles. The number of rotatable bonds is 4. The van der Waals surface area contributed by atoms with E-state index in [2.05, 4.69) is 32.3 Å². The molecular formula is C27H21N9O2S. The molecule has 1 atom stereocenters. The first-order valence-corrected chi connectivity index (χ1v) is 12.8. The molecule has 1 unspecified atom stereocenters. The van der Waals surface area contributed by atoms with Gasteiger partial charge >= 0.3 is 0 Å². The number of anilines is 1. The molecule has 5 aromatic heterocycles. The van der Waals surface area contributed by atoms with E-state index in [9.17, 15) is 9.59 Å².